The number of nitrogen functional groups attached to an aromatic ring is 1. The average Bonchev–Trinajstić information content (AvgIpc) is 3.61. The number of anilines is 2. The van der Waals surface area contributed by atoms with Gasteiger partial charge in [-0.05, 0) is 56.0 Å². The van der Waals surface area contributed by atoms with Gasteiger partial charge < -0.3 is 25.4 Å². The molecule has 11 heteroatoms. The van der Waals surface area contributed by atoms with Crippen LogP contribution in [0.25, 0.3) is 0 Å². The van der Waals surface area contributed by atoms with Crippen molar-refractivity contribution in [1.82, 2.24) is 20.1 Å². The Labute approximate surface area is 237 Å². The maximum absolute atomic E-state index is 13.5. The molecule has 1 unspecified atom stereocenters. The molecule has 3 amide bonds. The van der Waals surface area contributed by atoms with Crippen molar-refractivity contribution in [2.24, 2.45) is 0 Å². The molecule has 0 aromatic carbocycles. The maximum Gasteiger partial charge on any atom is 0.324 e. The smallest absolute Gasteiger partial charge is 0.324 e. The van der Waals surface area contributed by atoms with E-state index in [0.717, 1.165) is 49.9 Å². The van der Waals surface area contributed by atoms with Crippen molar-refractivity contribution in [3.63, 3.8) is 0 Å². The summed E-state index contributed by atoms with van der Waals surface area (Å²) in [5.41, 5.74) is 9.04. The topological polar surface area (TPSA) is 122 Å². The van der Waals surface area contributed by atoms with Crippen molar-refractivity contribution < 1.29 is 19.1 Å². The summed E-state index contributed by atoms with van der Waals surface area (Å²) >= 11 is 1.41. The number of carbonyl (C=O) groups is 2. The van der Waals surface area contributed by atoms with Crippen LogP contribution in [-0.2, 0) is 16.0 Å². The third-order valence-corrected chi connectivity index (χ3v) is 7.89. The van der Waals surface area contributed by atoms with Gasteiger partial charge in [0.05, 0.1) is 11.4 Å². The van der Waals surface area contributed by atoms with Crippen LogP contribution in [-0.4, -0.2) is 52.4 Å². The number of carbonyl (C=O) groups excluding carboxylic acids is 2. The second-order valence-electron chi connectivity index (χ2n) is 9.84. The van der Waals surface area contributed by atoms with Crippen molar-refractivity contribution in [1.29, 1.82) is 0 Å². The predicted molar refractivity (Wildman–Crippen MR) is 155 cm³/mol. The summed E-state index contributed by atoms with van der Waals surface area (Å²) in [5, 5.41) is 9.19. The average molecular weight is 563 g/mol. The summed E-state index contributed by atoms with van der Waals surface area (Å²) in [7, 11) is 0. The number of nitrogens with zero attached hydrogens (tertiary/aromatic N) is 3. The van der Waals surface area contributed by atoms with Gasteiger partial charge in [-0.15, -0.1) is 11.3 Å². The molecule has 4 heterocycles. The molecule has 2 aliphatic heterocycles. The monoisotopic (exact) mass is 562 g/mol. The summed E-state index contributed by atoms with van der Waals surface area (Å²) in [6.07, 6.45) is 14.5. The number of hydrogen-bond donors (Lipinski definition) is 3. The number of nitrogens with two attached hydrogens (primary N) is 1. The molecule has 0 saturated carbocycles. The number of amides is 3. The number of allylic oxidation sites excluding steroid dienone is 4. The van der Waals surface area contributed by atoms with Crippen molar-refractivity contribution in [2.75, 3.05) is 30.7 Å². The van der Waals surface area contributed by atoms with Gasteiger partial charge in [0.25, 0.3) is 5.91 Å². The molecule has 0 radical (unpaired) electrons. The minimum Gasteiger partial charge on any atom is -0.463 e. The molecule has 1 aliphatic carbocycles. The summed E-state index contributed by atoms with van der Waals surface area (Å²) in [6.45, 7) is 4.96. The molecular formula is C29H34N6O4S. The molecule has 40 heavy (non-hydrogen) atoms. The van der Waals surface area contributed by atoms with Crippen LogP contribution in [0.2, 0.25) is 0 Å². The van der Waals surface area contributed by atoms with Crippen LogP contribution in [0.5, 0.6) is 0 Å². The van der Waals surface area contributed by atoms with E-state index >= 15 is 0 Å². The summed E-state index contributed by atoms with van der Waals surface area (Å²) in [6, 6.07) is 3.43. The number of likely N-dealkylation sites (tertiary alicyclic amines) is 1. The van der Waals surface area contributed by atoms with E-state index in [9.17, 15) is 9.59 Å². The Morgan fingerprint density at radius 2 is 2.15 bits per heavy atom. The van der Waals surface area contributed by atoms with Gasteiger partial charge in [-0.25, -0.2) is 4.79 Å². The van der Waals surface area contributed by atoms with E-state index in [1.165, 1.54) is 17.6 Å². The number of nitrogens with one attached hydrogen (secondary N) is 2. The highest BCUT2D eigenvalue weighted by molar-refractivity contribution is 7.09. The van der Waals surface area contributed by atoms with E-state index in [1.54, 1.807) is 34.2 Å². The Hall–Kier alpha value is -4.09. The van der Waals surface area contributed by atoms with Gasteiger partial charge in [0, 0.05) is 36.1 Å². The number of urea groups is 1. The van der Waals surface area contributed by atoms with Crippen molar-refractivity contribution in [3.8, 4) is 0 Å². The number of aromatic nitrogens is 1. The predicted octanol–water partition coefficient (Wildman–Crippen LogP) is 4.94. The Balaban J connectivity index is 1.26. The van der Waals surface area contributed by atoms with Crippen LogP contribution < -0.4 is 16.4 Å². The number of pyridine rings is 1. The SMILES string of the molecule is CCN1CCCC1CN(Cc1ccc(C(=O)Nc2cscc2N)nc1)C(=O)NC1=COC=C(C2=CC=CCC2)O1. The number of ether oxygens (including phenoxy) is 2. The maximum atomic E-state index is 13.5. The summed E-state index contributed by atoms with van der Waals surface area (Å²) in [4.78, 5) is 34.7. The largest absolute Gasteiger partial charge is 0.463 e. The second kappa shape index (κ2) is 12.8. The van der Waals surface area contributed by atoms with E-state index < -0.39 is 0 Å². The Kier molecular flexibility index (Phi) is 8.82. The highest BCUT2D eigenvalue weighted by Crippen LogP contribution is 2.26. The van der Waals surface area contributed by atoms with Crippen LogP contribution in [0, 0.1) is 0 Å². The van der Waals surface area contributed by atoms with Crippen molar-refractivity contribution in [2.45, 2.75) is 45.2 Å². The van der Waals surface area contributed by atoms with Gasteiger partial charge in [0.15, 0.2) is 12.0 Å². The van der Waals surface area contributed by atoms with Gasteiger partial charge in [-0.2, -0.15) is 0 Å². The first-order chi connectivity index (χ1) is 19.5. The van der Waals surface area contributed by atoms with Gasteiger partial charge in [0.2, 0.25) is 5.88 Å². The van der Waals surface area contributed by atoms with E-state index in [4.69, 9.17) is 15.2 Å². The lowest BCUT2D eigenvalue weighted by molar-refractivity contribution is 0.102. The number of likely N-dealkylation sites (N-methyl/N-ethyl adjacent to an activating group) is 1. The van der Waals surface area contributed by atoms with E-state index in [0.29, 0.717) is 30.2 Å². The summed E-state index contributed by atoms with van der Waals surface area (Å²) in [5.74, 6) is 0.480. The van der Waals surface area contributed by atoms with Crippen LogP contribution in [0.1, 0.15) is 48.7 Å². The molecule has 1 atom stereocenters. The zero-order valence-electron chi connectivity index (χ0n) is 22.5. The van der Waals surface area contributed by atoms with Gasteiger partial charge in [-0.1, -0.05) is 31.2 Å². The standard InChI is InChI=1S/C29H34N6O4S/c1-2-34-12-6-9-22(34)15-35(29(37)33-27-17-38-16-26(39-27)21-7-4-3-5-8-21)14-20-10-11-24(31-13-20)28(36)32-25-19-40-18-23(25)30/h3-4,7,10-11,13,16-19,22H,2,5-6,8-9,12,14-15,30H2,1H3,(H,32,36)(H,33,37). The van der Waals surface area contributed by atoms with Gasteiger partial charge in [-0.3, -0.25) is 20.0 Å². The van der Waals surface area contributed by atoms with Crippen LogP contribution in [0.15, 0.2) is 77.1 Å². The fourth-order valence-corrected chi connectivity index (χ4v) is 5.64. The van der Waals surface area contributed by atoms with Gasteiger partial charge >= 0.3 is 6.03 Å². The normalized spacial score (nSPS) is 18.6. The number of thiophene rings is 1. The first-order valence-corrected chi connectivity index (χ1v) is 14.4. The Bertz CT molecular complexity index is 1350. The van der Waals surface area contributed by atoms with E-state index in [2.05, 4.69) is 33.5 Å². The quantitative estimate of drug-likeness (QED) is 0.396. The lowest BCUT2D eigenvalue weighted by Gasteiger charge is -2.31. The first kappa shape index (κ1) is 27.5. The minimum atomic E-state index is -0.343. The fourth-order valence-electron chi connectivity index (χ4n) is 4.97. The first-order valence-electron chi connectivity index (χ1n) is 13.5. The lowest BCUT2D eigenvalue weighted by atomic mass is 10.0. The Morgan fingerprint density at radius 3 is 2.88 bits per heavy atom. The zero-order valence-corrected chi connectivity index (χ0v) is 23.3. The molecule has 210 valence electrons. The molecule has 10 nitrogen and oxygen atoms in total. The second-order valence-corrected chi connectivity index (χ2v) is 10.6. The zero-order chi connectivity index (χ0) is 27.9. The minimum absolute atomic E-state index is 0.236. The summed E-state index contributed by atoms with van der Waals surface area (Å²) < 4.78 is 11.4. The van der Waals surface area contributed by atoms with E-state index in [1.807, 2.05) is 18.2 Å². The molecule has 1 saturated heterocycles. The highest BCUT2D eigenvalue weighted by atomic mass is 32.1. The molecule has 2 aromatic heterocycles. The van der Waals surface area contributed by atoms with E-state index in [-0.39, 0.29) is 29.6 Å². The lowest BCUT2D eigenvalue weighted by Crippen LogP contribution is -2.46. The fraction of sp³-hybridized carbons (Fsp3) is 0.345. The molecule has 3 aliphatic rings. The third kappa shape index (κ3) is 6.72. The molecule has 1 fully saturated rings. The van der Waals surface area contributed by atoms with Crippen LogP contribution in [0.4, 0.5) is 16.2 Å². The third-order valence-electron chi connectivity index (χ3n) is 7.13. The molecule has 0 spiro atoms. The molecule has 5 rings (SSSR count). The Morgan fingerprint density at radius 1 is 1.25 bits per heavy atom. The molecular weight excluding hydrogens is 528 g/mol. The highest BCUT2D eigenvalue weighted by Gasteiger charge is 2.28. The van der Waals surface area contributed by atoms with Crippen LogP contribution in [0.3, 0.4) is 0 Å². The van der Waals surface area contributed by atoms with Crippen molar-refractivity contribution in [3.05, 3.63) is 88.3 Å². The molecule has 4 N–H and O–H groups in total. The number of hydrogen-bond acceptors (Lipinski definition) is 8. The molecule has 2 aromatic rings. The van der Waals surface area contributed by atoms with Gasteiger partial charge in [0.1, 0.15) is 12.0 Å². The van der Waals surface area contributed by atoms with Crippen LogP contribution >= 0.6 is 11.3 Å². The van der Waals surface area contributed by atoms with Crippen molar-refractivity contribution >= 4 is 34.6 Å². The molecule has 0 bridgehead atoms. The number of rotatable bonds is 9.